The minimum atomic E-state index is -3.69. The second kappa shape index (κ2) is 9.73. The molecule has 0 bridgehead atoms. The molecule has 0 aromatic rings. The van der Waals surface area contributed by atoms with Crippen LogP contribution in [0.15, 0.2) is 0 Å². The summed E-state index contributed by atoms with van der Waals surface area (Å²) < 4.78 is 24.4. The second-order valence-electron chi connectivity index (χ2n) is 0.238. The minimum absolute atomic E-state index is 0. The molecule has 0 heterocycles. The van der Waals surface area contributed by atoms with Gasteiger partial charge in [-0.15, -0.1) is 0 Å². The predicted octanol–water partition coefficient (Wildman–Crippen LogP) is -1.98. The van der Waals surface area contributed by atoms with Crippen LogP contribution in [0.3, 0.4) is 0 Å². The Kier molecular flexibility index (Phi) is 25.4. The summed E-state index contributed by atoms with van der Waals surface area (Å²) in [5.41, 5.74) is 0. The van der Waals surface area contributed by atoms with Crippen LogP contribution in [0.25, 0.3) is 0 Å². The average molecular weight is 371 g/mol. The van der Waals surface area contributed by atoms with Crippen molar-refractivity contribution in [1.82, 2.24) is 0 Å². The van der Waals surface area contributed by atoms with E-state index >= 15 is 0 Å². The van der Waals surface area contributed by atoms with E-state index in [-0.39, 0.29) is 43.0 Å². The predicted molar refractivity (Wildman–Crippen MR) is 13.5 cm³/mol. The molecule has 0 amide bonds. The Morgan fingerprint density at radius 2 is 1.33 bits per heavy atom. The van der Waals surface area contributed by atoms with Gasteiger partial charge in [-0.3, -0.25) is 0 Å². The SMILES string of the molecule is [BiH3].[Co].[O]=[V](=[O])[OH]. The molecule has 0 atom stereocenters. The standard InChI is InChI=1S/Bi.Co.H2O.2O.V.3H/h;;1H2;;;;;;/q;;;;;+1;;;/p-1. The molecule has 0 unspecified atom stereocenters. The fourth-order valence-electron chi connectivity index (χ4n) is 0. The average Bonchev–Trinajstić information content (AvgIpc) is 0.811. The van der Waals surface area contributed by atoms with Crippen LogP contribution in [0, 0.1) is 0 Å². The summed E-state index contributed by atoms with van der Waals surface area (Å²) in [6, 6.07) is 0. The van der Waals surface area contributed by atoms with E-state index < -0.39 is 15.4 Å². The van der Waals surface area contributed by atoms with Gasteiger partial charge in [0.15, 0.2) is 0 Å². The Labute approximate surface area is 69.2 Å². The van der Waals surface area contributed by atoms with E-state index in [0.717, 1.165) is 0 Å². The van der Waals surface area contributed by atoms with Crippen molar-refractivity contribution in [2.45, 2.75) is 0 Å². The first-order chi connectivity index (χ1) is 1.73. The van der Waals surface area contributed by atoms with Gasteiger partial charge < -0.3 is 0 Å². The van der Waals surface area contributed by atoms with Crippen LogP contribution < -0.4 is 0 Å². The van der Waals surface area contributed by atoms with Crippen LogP contribution in [0.5, 0.6) is 0 Å². The van der Waals surface area contributed by atoms with Crippen LogP contribution in [0.4, 0.5) is 0 Å². The molecule has 6 heteroatoms. The zero-order chi connectivity index (χ0) is 3.58. The van der Waals surface area contributed by atoms with Crippen molar-refractivity contribution >= 4 is 26.2 Å². The molecule has 0 rings (SSSR count). The quantitative estimate of drug-likeness (QED) is 0.503. The van der Waals surface area contributed by atoms with Crippen LogP contribution in [-0.2, 0) is 39.5 Å². The molecule has 41 valence electrons. The zero-order valence-electron chi connectivity index (χ0n) is 2.75. The molecule has 0 aliphatic rings. The van der Waals surface area contributed by atoms with Crippen LogP contribution in [0.1, 0.15) is 0 Å². The third-order valence-electron chi connectivity index (χ3n) is 0. The number of hydrogen-bond acceptors (Lipinski definition) is 2. The van der Waals surface area contributed by atoms with Crippen LogP contribution in [-0.4, -0.2) is 30.2 Å². The third kappa shape index (κ3) is 48.3. The molecule has 0 aromatic carbocycles. The first kappa shape index (κ1) is 15.6. The van der Waals surface area contributed by atoms with E-state index in [1.54, 1.807) is 0 Å². The molecular formula is H4BiCoO3V. The van der Waals surface area contributed by atoms with Crippen molar-refractivity contribution in [2.24, 2.45) is 0 Å². The molecule has 1 N–H and O–H groups in total. The molecule has 6 heavy (non-hydrogen) atoms. The van der Waals surface area contributed by atoms with E-state index in [1.165, 1.54) is 0 Å². The van der Waals surface area contributed by atoms with E-state index in [4.69, 9.17) is 11.4 Å². The summed E-state index contributed by atoms with van der Waals surface area (Å²) in [6.45, 7) is 0. The van der Waals surface area contributed by atoms with Crippen molar-refractivity contribution in [1.29, 1.82) is 0 Å². The molecule has 0 fully saturated rings. The molecule has 0 aliphatic heterocycles. The topological polar surface area (TPSA) is 54.4 Å². The van der Waals surface area contributed by atoms with E-state index in [1.807, 2.05) is 0 Å². The van der Waals surface area contributed by atoms with Crippen molar-refractivity contribution < 1.29 is 43.6 Å². The Hall–Kier alpha value is 1.53. The first-order valence-corrected chi connectivity index (χ1v) is 2.33. The van der Waals surface area contributed by atoms with Gasteiger partial charge in [0.2, 0.25) is 0 Å². The second-order valence-corrected chi connectivity index (χ2v) is 0.981. The van der Waals surface area contributed by atoms with E-state index in [2.05, 4.69) is 0 Å². The zero-order valence-corrected chi connectivity index (χ0v) is 10.7. The van der Waals surface area contributed by atoms with Gasteiger partial charge in [0, 0.05) is 16.8 Å². The van der Waals surface area contributed by atoms with Crippen LogP contribution >= 0.6 is 0 Å². The van der Waals surface area contributed by atoms with Gasteiger partial charge in [-0.2, -0.15) is 0 Å². The molecule has 0 saturated heterocycles. The molecule has 3 nitrogen and oxygen atoms in total. The van der Waals surface area contributed by atoms with Crippen molar-refractivity contribution in [3.05, 3.63) is 0 Å². The number of hydrogen-bond donors (Lipinski definition) is 1. The molecule has 0 saturated carbocycles. The molecule has 0 aromatic heterocycles. The molecule has 0 spiro atoms. The Morgan fingerprint density at radius 3 is 1.33 bits per heavy atom. The van der Waals surface area contributed by atoms with Gasteiger partial charge in [0.05, 0.1) is 0 Å². The molecule has 0 aliphatic carbocycles. The summed E-state index contributed by atoms with van der Waals surface area (Å²) in [6.07, 6.45) is 0. The Balaban J connectivity index is -0.0000000450. The third-order valence-corrected chi connectivity index (χ3v) is 0. The van der Waals surface area contributed by atoms with Gasteiger partial charge in [0.25, 0.3) is 0 Å². The summed E-state index contributed by atoms with van der Waals surface area (Å²) in [4.78, 5) is 0. The van der Waals surface area contributed by atoms with Crippen molar-refractivity contribution in [3.63, 3.8) is 0 Å². The maximum absolute atomic E-state index is 8.67. The molecule has 1 radical (unpaired) electrons. The Morgan fingerprint density at radius 1 is 1.33 bits per heavy atom. The van der Waals surface area contributed by atoms with Crippen molar-refractivity contribution in [2.75, 3.05) is 0 Å². The fraction of sp³-hybridized carbons (Fsp3) is 0. The fourth-order valence-corrected chi connectivity index (χ4v) is 0. The molecular weight excluding hydrogens is 367 g/mol. The van der Waals surface area contributed by atoms with Gasteiger partial charge in [-0.05, 0) is 0 Å². The first-order valence-electron chi connectivity index (χ1n) is 0.565. The van der Waals surface area contributed by atoms with E-state index in [9.17, 15) is 0 Å². The van der Waals surface area contributed by atoms with E-state index in [0.29, 0.717) is 0 Å². The van der Waals surface area contributed by atoms with Gasteiger partial charge >= 0.3 is 53.0 Å². The van der Waals surface area contributed by atoms with Crippen LogP contribution in [0.2, 0.25) is 0 Å². The van der Waals surface area contributed by atoms with Crippen molar-refractivity contribution in [3.8, 4) is 0 Å². The summed E-state index contributed by atoms with van der Waals surface area (Å²) in [5.74, 6) is 0. The van der Waals surface area contributed by atoms with Gasteiger partial charge in [0.1, 0.15) is 0 Å². The number of rotatable bonds is 0. The normalized spacial score (nSPS) is 4.17. The van der Waals surface area contributed by atoms with Gasteiger partial charge in [-0.1, -0.05) is 0 Å². The summed E-state index contributed by atoms with van der Waals surface area (Å²) >= 11 is -3.69. The summed E-state index contributed by atoms with van der Waals surface area (Å²) in [5, 5.41) is 0. The maximum atomic E-state index is 8.67. The summed E-state index contributed by atoms with van der Waals surface area (Å²) in [7, 11) is 0. The Bertz CT molecular complexity index is 59.2. The monoisotopic (exact) mass is 371 g/mol. The van der Waals surface area contributed by atoms with Gasteiger partial charge in [-0.25, -0.2) is 0 Å².